The van der Waals surface area contributed by atoms with Crippen LogP contribution in [0.1, 0.15) is 5.56 Å². The van der Waals surface area contributed by atoms with Crippen molar-refractivity contribution < 1.29 is 22.7 Å². The van der Waals surface area contributed by atoms with Crippen molar-refractivity contribution in [3.05, 3.63) is 82.9 Å². The molecule has 0 radical (unpaired) electrons. The summed E-state index contributed by atoms with van der Waals surface area (Å²) in [5.74, 6) is 0.451. The third kappa shape index (κ3) is 4.71. The predicted molar refractivity (Wildman–Crippen MR) is 124 cm³/mol. The van der Waals surface area contributed by atoms with Crippen LogP contribution in [0.4, 0.5) is 11.4 Å². The van der Waals surface area contributed by atoms with E-state index in [0.29, 0.717) is 27.7 Å². The van der Waals surface area contributed by atoms with Crippen molar-refractivity contribution in [2.24, 2.45) is 0 Å². The first-order valence-electron chi connectivity index (χ1n) is 9.56. The lowest BCUT2D eigenvalue weighted by Gasteiger charge is -2.18. The molecule has 1 amide bonds. The number of ether oxygens (including phenoxy) is 2. The molecule has 0 aliphatic carbocycles. The summed E-state index contributed by atoms with van der Waals surface area (Å²) in [7, 11) is -2.63. The van der Waals surface area contributed by atoms with Crippen LogP contribution in [0, 0.1) is 0 Å². The van der Waals surface area contributed by atoms with Gasteiger partial charge in [0.2, 0.25) is 0 Å². The molecule has 164 valence electrons. The van der Waals surface area contributed by atoms with Crippen LogP contribution in [-0.4, -0.2) is 28.0 Å². The summed E-state index contributed by atoms with van der Waals surface area (Å²) in [5.41, 5.74) is 1.86. The van der Waals surface area contributed by atoms with Crippen LogP contribution in [0.5, 0.6) is 11.5 Å². The van der Waals surface area contributed by atoms with Crippen LogP contribution >= 0.6 is 11.6 Å². The van der Waals surface area contributed by atoms with Gasteiger partial charge in [-0.05, 0) is 54.6 Å². The molecule has 4 rings (SSSR count). The Morgan fingerprint density at radius 3 is 2.50 bits per heavy atom. The topological polar surface area (TPSA) is 93.7 Å². The number of carbonyl (C=O) groups excluding carboxylic acids is 1. The molecule has 0 fully saturated rings. The lowest BCUT2D eigenvalue weighted by molar-refractivity contribution is -0.113. The molecule has 2 N–H and O–H groups in total. The summed E-state index contributed by atoms with van der Waals surface area (Å²) in [6, 6.07) is 18.0. The molecule has 1 aliphatic heterocycles. The number of benzene rings is 3. The van der Waals surface area contributed by atoms with E-state index < -0.39 is 15.9 Å². The molecule has 32 heavy (non-hydrogen) atoms. The number of anilines is 2. The van der Waals surface area contributed by atoms with Crippen molar-refractivity contribution in [1.82, 2.24) is 0 Å². The summed E-state index contributed by atoms with van der Waals surface area (Å²) in [5, 5.41) is 3.21. The first kappa shape index (κ1) is 21.7. The molecule has 0 bridgehead atoms. The Morgan fingerprint density at radius 2 is 1.75 bits per heavy atom. The first-order valence-corrected chi connectivity index (χ1v) is 11.4. The van der Waals surface area contributed by atoms with Gasteiger partial charge in [-0.25, -0.2) is 8.42 Å². The summed E-state index contributed by atoms with van der Waals surface area (Å²) in [6.07, 6.45) is 1.75. The number of nitrogens with one attached hydrogen (secondary N) is 2. The van der Waals surface area contributed by atoms with E-state index in [4.69, 9.17) is 21.1 Å². The van der Waals surface area contributed by atoms with E-state index in [1.54, 1.807) is 36.4 Å². The zero-order chi connectivity index (χ0) is 22.7. The molecular weight excluding hydrogens is 452 g/mol. The van der Waals surface area contributed by atoms with Gasteiger partial charge in [0.1, 0.15) is 23.0 Å². The second-order valence-corrected chi connectivity index (χ2v) is 9.02. The Labute approximate surface area is 190 Å². The van der Waals surface area contributed by atoms with E-state index in [2.05, 4.69) is 10.0 Å². The molecule has 0 atom stereocenters. The molecule has 0 saturated heterocycles. The van der Waals surface area contributed by atoms with Gasteiger partial charge < -0.3 is 14.8 Å². The van der Waals surface area contributed by atoms with Crippen LogP contribution in [0.2, 0.25) is 5.02 Å². The molecule has 1 heterocycles. The van der Waals surface area contributed by atoms with E-state index in [0.717, 1.165) is 5.56 Å². The smallest absolute Gasteiger partial charge is 0.265 e. The molecule has 0 spiro atoms. The highest BCUT2D eigenvalue weighted by atomic mass is 35.5. The Morgan fingerprint density at radius 1 is 1.03 bits per heavy atom. The Hall–Kier alpha value is -3.49. The third-order valence-electron chi connectivity index (χ3n) is 4.73. The first-order chi connectivity index (χ1) is 15.4. The van der Waals surface area contributed by atoms with Crippen molar-refractivity contribution in [2.45, 2.75) is 4.90 Å². The van der Waals surface area contributed by atoms with Gasteiger partial charge >= 0.3 is 0 Å². The minimum Gasteiger partial charge on any atom is -0.495 e. The van der Waals surface area contributed by atoms with Gasteiger partial charge in [-0.15, -0.1) is 0 Å². The van der Waals surface area contributed by atoms with E-state index >= 15 is 0 Å². The van der Waals surface area contributed by atoms with Gasteiger partial charge in [0.05, 0.1) is 12.7 Å². The van der Waals surface area contributed by atoms with Crippen LogP contribution in [0.25, 0.3) is 6.08 Å². The van der Waals surface area contributed by atoms with E-state index in [9.17, 15) is 13.2 Å². The van der Waals surface area contributed by atoms with E-state index in [1.165, 1.54) is 19.2 Å². The van der Waals surface area contributed by atoms with Crippen molar-refractivity contribution in [1.29, 1.82) is 0 Å². The summed E-state index contributed by atoms with van der Waals surface area (Å²) < 4.78 is 39.3. The largest absolute Gasteiger partial charge is 0.495 e. The second kappa shape index (κ2) is 8.94. The molecule has 0 saturated carbocycles. The van der Waals surface area contributed by atoms with Gasteiger partial charge in [-0.2, -0.15) is 0 Å². The van der Waals surface area contributed by atoms with Crippen molar-refractivity contribution in [3.8, 4) is 11.5 Å². The predicted octanol–water partition coefficient (Wildman–Crippen LogP) is 4.56. The fourth-order valence-corrected chi connectivity index (χ4v) is 4.53. The molecule has 0 aromatic heterocycles. The highest BCUT2D eigenvalue weighted by molar-refractivity contribution is 7.92. The van der Waals surface area contributed by atoms with Gasteiger partial charge in [0, 0.05) is 22.0 Å². The number of halogens is 1. The number of para-hydroxylation sites is 1. The van der Waals surface area contributed by atoms with Crippen LogP contribution in [0.3, 0.4) is 0 Å². The standard InChI is InChI=1S/C23H19ClN2O5S/c1-30-21-11-10-19(13-22(21)32(28,29)26-18-8-6-17(24)7-9-18)25-23(27)16-12-15-4-2-3-5-20(15)31-14-16/h2-13,26H,14H2,1H3,(H,25,27). The summed E-state index contributed by atoms with van der Waals surface area (Å²) >= 11 is 5.86. The second-order valence-electron chi connectivity index (χ2n) is 6.93. The average molecular weight is 471 g/mol. The number of hydrogen-bond donors (Lipinski definition) is 2. The number of fused-ring (bicyclic) bond motifs is 1. The van der Waals surface area contributed by atoms with Crippen LogP contribution in [-0.2, 0) is 14.8 Å². The minimum atomic E-state index is -4.00. The summed E-state index contributed by atoms with van der Waals surface area (Å²) in [4.78, 5) is 12.6. The lowest BCUT2D eigenvalue weighted by Crippen LogP contribution is -2.21. The molecule has 0 unspecified atom stereocenters. The zero-order valence-corrected chi connectivity index (χ0v) is 18.5. The van der Waals surface area contributed by atoms with Gasteiger partial charge in [0.15, 0.2) is 0 Å². The zero-order valence-electron chi connectivity index (χ0n) is 17.0. The van der Waals surface area contributed by atoms with Gasteiger partial charge in [-0.3, -0.25) is 9.52 Å². The SMILES string of the molecule is COc1ccc(NC(=O)C2=Cc3ccccc3OC2)cc1S(=O)(=O)Nc1ccc(Cl)cc1. The maximum Gasteiger partial charge on any atom is 0.265 e. The van der Waals surface area contributed by atoms with Crippen LogP contribution in [0.15, 0.2) is 77.2 Å². The monoisotopic (exact) mass is 470 g/mol. The Kier molecular flexibility index (Phi) is 6.07. The highest BCUT2D eigenvalue weighted by Crippen LogP contribution is 2.30. The lowest BCUT2D eigenvalue weighted by atomic mass is 10.1. The maximum atomic E-state index is 13.0. The fraction of sp³-hybridized carbons (Fsp3) is 0.0870. The number of amides is 1. The number of methoxy groups -OCH3 is 1. The van der Waals surface area contributed by atoms with Crippen molar-refractivity contribution in [2.75, 3.05) is 23.8 Å². The fourth-order valence-electron chi connectivity index (χ4n) is 3.15. The number of hydrogen-bond acceptors (Lipinski definition) is 5. The van der Waals surface area contributed by atoms with E-state index in [-0.39, 0.29) is 17.3 Å². The molecule has 3 aromatic rings. The Bertz CT molecular complexity index is 1300. The van der Waals surface area contributed by atoms with E-state index in [1.807, 2.05) is 24.3 Å². The molecular formula is C23H19ClN2O5S. The number of carbonyl (C=O) groups is 1. The molecule has 7 nitrogen and oxygen atoms in total. The minimum absolute atomic E-state index is 0.113. The van der Waals surface area contributed by atoms with Crippen molar-refractivity contribution in [3.63, 3.8) is 0 Å². The normalized spacial score (nSPS) is 12.8. The average Bonchev–Trinajstić information content (AvgIpc) is 2.80. The third-order valence-corrected chi connectivity index (χ3v) is 6.39. The quantitative estimate of drug-likeness (QED) is 0.550. The number of rotatable bonds is 6. The number of sulfonamides is 1. The summed E-state index contributed by atoms with van der Waals surface area (Å²) in [6.45, 7) is 0.113. The maximum absolute atomic E-state index is 13.0. The van der Waals surface area contributed by atoms with Crippen LogP contribution < -0.4 is 19.5 Å². The van der Waals surface area contributed by atoms with Crippen molar-refractivity contribution >= 4 is 45.0 Å². The molecule has 1 aliphatic rings. The Balaban J connectivity index is 1.59. The highest BCUT2D eigenvalue weighted by Gasteiger charge is 2.22. The van der Waals surface area contributed by atoms with Gasteiger partial charge in [-0.1, -0.05) is 29.8 Å². The van der Waals surface area contributed by atoms with Gasteiger partial charge in [0.25, 0.3) is 15.9 Å². The molecule has 3 aromatic carbocycles. The molecule has 9 heteroatoms.